The van der Waals surface area contributed by atoms with Gasteiger partial charge in [0.1, 0.15) is 0 Å². The summed E-state index contributed by atoms with van der Waals surface area (Å²) in [5.74, 6) is -0.0640. The van der Waals surface area contributed by atoms with Crippen molar-refractivity contribution in [2.24, 2.45) is 0 Å². The molecule has 0 aromatic heterocycles. The van der Waals surface area contributed by atoms with Crippen molar-refractivity contribution in [2.75, 3.05) is 11.9 Å². The normalized spacial score (nSPS) is 10.2. The number of hydrogen-bond acceptors (Lipinski definition) is 3. The van der Waals surface area contributed by atoms with Crippen molar-refractivity contribution in [3.8, 4) is 0 Å². The van der Waals surface area contributed by atoms with Gasteiger partial charge >= 0.3 is 0 Å². The maximum Gasteiger partial charge on any atom is 0.239 e. The van der Waals surface area contributed by atoms with Gasteiger partial charge in [-0.3, -0.25) is 4.79 Å². The van der Waals surface area contributed by atoms with Crippen molar-refractivity contribution in [1.29, 1.82) is 0 Å². The quantitative estimate of drug-likeness (QED) is 0.762. The van der Waals surface area contributed by atoms with Crippen molar-refractivity contribution in [2.45, 2.75) is 20.1 Å². The minimum absolute atomic E-state index is 0.00489. The van der Waals surface area contributed by atoms with Gasteiger partial charge in [0.2, 0.25) is 5.91 Å². The number of benzene rings is 2. The maximum atomic E-state index is 11.8. The first-order chi connectivity index (χ1) is 10.2. The molecule has 0 spiro atoms. The molecule has 2 aromatic carbocycles. The van der Waals surface area contributed by atoms with Gasteiger partial charge in [0.15, 0.2) is 0 Å². The van der Waals surface area contributed by atoms with Crippen molar-refractivity contribution < 1.29 is 9.90 Å². The molecule has 4 nitrogen and oxygen atoms in total. The summed E-state index contributed by atoms with van der Waals surface area (Å²) in [5.41, 5.74) is 3.92. The molecule has 1 amide bonds. The predicted molar refractivity (Wildman–Crippen MR) is 83.9 cm³/mol. The lowest BCUT2D eigenvalue weighted by Crippen LogP contribution is -2.29. The third-order valence-corrected chi connectivity index (χ3v) is 3.13. The van der Waals surface area contributed by atoms with E-state index in [0.717, 1.165) is 16.8 Å². The van der Waals surface area contributed by atoms with E-state index in [1.54, 1.807) is 0 Å². The molecule has 0 heterocycles. The molecular weight excluding hydrogens is 264 g/mol. The molecule has 3 N–H and O–H groups in total. The summed E-state index contributed by atoms with van der Waals surface area (Å²) >= 11 is 0. The predicted octanol–water partition coefficient (Wildman–Crippen LogP) is 2.22. The van der Waals surface area contributed by atoms with E-state index in [2.05, 4.69) is 16.7 Å². The van der Waals surface area contributed by atoms with Crippen molar-refractivity contribution >= 4 is 11.6 Å². The van der Waals surface area contributed by atoms with Gasteiger partial charge in [-0.25, -0.2) is 0 Å². The van der Waals surface area contributed by atoms with Gasteiger partial charge in [-0.2, -0.15) is 0 Å². The fourth-order valence-corrected chi connectivity index (χ4v) is 2.05. The number of hydrogen-bond donors (Lipinski definition) is 3. The first kappa shape index (κ1) is 15.1. The second-order valence-corrected chi connectivity index (χ2v) is 4.98. The molecular formula is C17H20N2O2. The zero-order valence-corrected chi connectivity index (χ0v) is 12.1. The summed E-state index contributed by atoms with van der Waals surface area (Å²) in [6.45, 7) is 2.76. The Morgan fingerprint density at radius 1 is 1.10 bits per heavy atom. The van der Waals surface area contributed by atoms with Crippen LogP contribution in [0.25, 0.3) is 0 Å². The molecule has 0 fully saturated rings. The minimum atomic E-state index is -0.0640. The largest absolute Gasteiger partial charge is 0.392 e. The first-order valence-corrected chi connectivity index (χ1v) is 6.93. The third-order valence-electron chi connectivity index (χ3n) is 3.13. The summed E-state index contributed by atoms with van der Waals surface area (Å²) in [4.78, 5) is 11.8. The smallest absolute Gasteiger partial charge is 0.239 e. The van der Waals surface area contributed by atoms with Crippen LogP contribution >= 0.6 is 0 Å². The molecule has 0 aliphatic heterocycles. The molecule has 0 saturated heterocycles. The maximum absolute atomic E-state index is 11.8. The van der Waals surface area contributed by atoms with Gasteiger partial charge in [0.25, 0.3) is 0 Å². The standard InChI is InChI=1S/C17H20N2O2/c1-13-4-2-5-14(8-13)10-19-17(21)11-18-16-7-3-6-15(9-16)12-20/h2-9,18,20H,10-12H2,1H3,(H,19,21). The third kappa shape index (κ3) is 4.93. The summed E-state index contributed by atoms with van der Waals surface area (Å²) in [7, 11) is 0. The molecule has 0 atom stereocenters. The van der Waals surface area contributed by atoms with Crippen molar-refractivity contribution in [3.05, 3.63) is 65.2 Å². The number of nitrogens with one attached hydrogen (secondary N) is 2. The summed E-state index contributed by atoms with van der Waals surface area (Å²) in [5, 5.41) is 15.0. The second kappa shape index (κ2) is 7.45. The Kier molecular flexibility index (Phi) is 5.35. The molecule has 0 saturated carbocycles. The number of aryl methyl sites for hydroxylation is 1. The number of rotatable bonds is 6. The molecule has 0 radical (unpaired) electrons. The molecule has 0 aliphatic carbocycles. The van der Waals surface area contributed by atoms with Crippen LogP contribution in [0.3, 0.4) is 0 Å². The van der Waals surface area contributed by atoms with Crippen LogP contribution in [0.15, 0.2) is 48.5 Å². The van der Waals surface area contributed by atoms with Crippen LogP contribution in [0.1, 0.15) is 16.7 Å². The number of carbonyl (C=O) groups is 1. The van der Waals surface area contributed by atoms with Crippen molar-refractivity contribution in [3.63, 3.8) is 0 Å². The van der Waals surface area contributed by atoms with E-state index < -0.39 is 0 Å². The lowest BCUT2D eigenvalue weighted by molar-refractivity contribution is -0.119. The SMILES string of the molecule is Cc1cccc(CNC(=O)CNc2cccc(CO)c2)c1. The van der Waals surface area contributed by atoms with E-state index in [9.17, 15) is 4.79 Å². The summed E-state index contributed by atoms with van der Waals surface area (Å²) in [6, 6.07) is 15.4. The highest BCUT2D eigenvalue weighted by Gasteiger charge is 2.02. The van der Waals surface area contributed by atoms with Crippen molar-refractivity contribution in [1.82, 2.24) is 5.32 Å². The monoisotopic (exact) mass is 284 g/mol. The highest BCUT2D eigenvalue weighted by atomic mass is 16.3. The zero-order valence-electron chi connectivity index (χ0n) is 12.1. The molecule has 0 aliphatic rings. The van der Waals surface area contributed by atoms with Gasteiger partial charge in [-0.15, -0.1) is 0 Å². The van der Waals surface area contributed by atoms with E-state index in [-0.39, 0.29) is 19.1 Å². The van der Waals surface area contributed by atoms with Crippen LogP contribution in [0, 0.1) is 6.92 Å². The molecule has 4 heteroatoms. The Morgan fingerprint density at radius 3 is 2.62 bits per heavy atom. The second-order valence-electron chi connectivity index (χ2n) is 4.98. The minimum Gasteiger partial charge on any atom is -0.392 e. The Balaban J connectivity index is 1.79. The van der Waals surface area contributed by atoms with Crippen LogP contribution in [0.5, 0.6) is 0 Å². The van der Waals surface area contributed by atoms with Gasteiger partial charge < -0.3 is 15.7 Å². The fourth-order valence-electron chi connectivity index (χ4n) is 2.05. The van der Waals surface area contributed by atoms with Crippen LogP contribution < -0.4 is 10.6 Å². The number of anilines is 1. The van der Waals surface area contributed by atoms with E-state index in [1.165, 1.54) is 5.56 Å². The summed E-state index contributed by atoms with van der Waals surface area (Å²) in [6.07, 6.45) is 0. The Labute approximate surface area is 124 Å². The topological polar surface area (TPSA) is 61.4 Å². The molecule has 21 heavy (non-hydrogen) atoms. The van der Waals surface area contributed by atoms with Crippen LogP contribution in [0.4, 0.5) is 5.69 Å². The molecule has 0 bridgehead atoms. The van der Waals surface area contributed by atoms with E-state index in [0.29, 0.717) is 6.54 Å². The average Bonchev–Trinajstić information content (AvgIpc) is 2.51. The summed E-state index contributed by atoms with van der Waals surface area (Å²) < 4.78 is 0. The number of aliphatic hydroxyl groups is 1. The van der Waals surface area contributed by atoms with Gasteiger partial charge in [-0.1, -0.05) is 42.0 Å². The van der Waals surface area contributed by atoms with Crippen LogP contribution in [-0.2, 0) is 17.9 Å². The number of carbonyl (C=O) groups excluding carboxylic acids is 1. The molecule has 2 aromatic rings. The number of amides is 1. The lowest BCUT2D eigenvalue weighted by Gasteiger charge is -2.09. The van der Waals surface area contributed by atoms with Gasteiger partial charge in [0, 0.05) is 12.2 Å². The molecule has 2 rings (SSSR count). The van der Waals surface area contributed by atoms with E-state index in [1.807, 2.05) is 49.4 Å². The van der Waals surface area contributed by atoms with E-state index in [4.69, 9.17) is 5.11 Å². The Hall–Kier alpha value is -2.33. The highest BCUT2D eigenvalue weighted by Crippen LogP contribution is 2.10. The highest BCUT2D eigenvalue weighted by molar-refractivity contribution is 5.80. The lowest BCUT2D eigenvalue weighted by atomic mass is 10.1. The Bertz CT molecular complexity index is 611. The molecule has 0 unspecified atom stereocenters. The van der Waals surface area contributed by atoms with Gasteiger partial charge in [0.05, 0.1) is 13.2 Å². The average molecular weight is 284 g/mol. The fraction of sp³-hybridized carbons (Fsp3) is 0.235. The van der Waals surface area contributed by atoms with Crippen LogP contribution in [-0.4, -0.2) is 17.6 Å². The van der Waals surface area contributed by atoms with Gasteiger partial charge in [-0.05, 0) is 30.2 Å². The molecule has 110 valence electrons. The van der Waals surface area contributed by atoms with Crippen LogP contribution in [0.2, 0.25) is 0 Å². The first-order valence-electron chi connectivity index (χ1n) is 6.93. The Morgan fingerprint density at radius 2 is 1.86 bits per heavy atom. The van der Waals surface area contributed by atoms with E-state index >= 15 is 0 Å². The number of aliphatic hydroxyl groups excluding tert-OH is 1. The zero-order chi connectivity index (χ0) is 15.1.